The Balaban J connectivity index is 1.87. The summed E-state index contributed by atoms with van der Waals surface area (Å²) in [7, 11) is 0. The molecule has 3 rings (SSSR count). The van der Waals surface area contributed by atoms with Gasteiger partial charge >= 0.3 is 0 Å². The summed E-state index contributed by atoms with van der Waals surface area (Å²) >= 11 is 0. The number of ether oxygens (including phenoxy) is 1. The van der Waals surface area contributed by atoms with E-state index in [2.05, 4.69) is 30.3 Å². The molecule has 1 heterocycles. The SMILES string of the molecule is NC1(C2CCOCC2)CCCCC1c1ccccc1. The van der Waals surface area contributed by atoms with E-state index in [0.29, 0.717) is 11.8 Å². The van der Waals surface area contributed by atoms with E-state index in [1.165, 1.54) is 31.2 Å². The van der Waals surface area contributed by atoms with Crippen molar-refractivity contribution in [2.75, 3.05) is 13.2 Å². The molecule has 1 aliphatic heterocycles. The minimum atomic E-state index is -0.0105. The molecule has 1 aromatic carbocycles. The predicted octanol–water partition coefficient (Wildman–Crippen LogP) is 3.47. The van der Waals surface area contributed by atoms with Gasteiger partial charge in [-0.05, 0) is 37.2 Å². The van der Waals surface area contributed by atoms with Gasteiger partial charge in [0, 0.05) is 24.7 Å². The fourth-order valence-corrected chi connectivity index (χ4v) is 4.11. The summed E-state index contributed by atoms with van der Waals surface area (Å²) in [6, 6.07) is 10.9. The van der Waals surface area contributed by atoms with Crippen molar-refractivity contribution in [2.24, 2.45) is 11.7 Å². The first-order chi connectivity index (χ1) is 9.31. The molecular formula is C17H25NO. The number of hydrogen-bond acceptors (Lipinski definition) is 2. The van der Waals surface area contributed by atoms with Crippen molar-refractivity contribution < 1.29 is 4.74 Å². The Bertz CT molecular complexity index is 399. The van der Waals surface area contributed by atoms with Crippen LogP contribution in [0.25, 0.3) is 0 Å². The first kappa shape index (κ1) is 13.1. The fourth-order valence-electron chi connectivity index (χ4n) is 4.11. The minimum absolute atomic E-state index is 0.0105. The first-order valence-corrected chi connectivity index (χ1v) is 7.72. The van der Waals surface area contributed by atoms with Gasteiger partial charge in [-0.1, -0.05) is 43.2 Å². The lowest BCUT2D eigenvalue weighted by Gasteiger charge is -2.48. The van der Waals surface area contributed by atoms with Crippen molar-refractivity contribution in [1.29, 1.82) is 0 Å². The standard InChI is InChI=1S/C17H25NO/c18-17(15-9-12-19-13-10-15)11-5-4-8-16(17)14-6-2-1-3-7-14/h1-3,6-7,15-16H,4-5,8-13,18H2. The molecule has 2 heteroatoms. The highest BCUT2D eigenvalue weighted by molar-refractivity contribution is 5.25. The Morgan fingerprint density at radius 2 is 1.74 bits per heavy atom. The second-order valence-electron chi connectivity index (χ2n) is 6.21. The molecule has 0 radical (unpaired) electrons. The van der Waals surface area contributed by atoms with Gasteiger partial charge in [0.25, 0.3) is 0 Å². The molecule has 2 fully saturated rings. The average Bonchev–Trinajstić information content (AvgIpc) is 2.49. The smallest absolute Gasteiger partial charge is 0.0469 e. The summed E-state index contributed by atoms with van der Waals surface area (Å²) in [5.74, 6) is 1.16. The molecule has 19 heavy (non-hydrogen) atoms. The van der Waals surface area contributed by atoms with Crippen molar-refractivity contribution in [1.82, 2.24) is 0 Å². The Morgan fingerprint density at radius 1 is 1.00 bits per heavy atom. The van der Waals surface area contributed by atoms with E-state index in [-0.39, 0.29) is 5.54 Å². The Labute approximate surface area is 116 Å². The largest absolute Gasteiger partial charge is 0.381 e. The lowest BCUT2D eigenvalue weighted by Crippen LogP contribution is -2.55. The molecule has 1 saturated heterocycles. The molecule has 1 saturated carbocycles. The van der Waals surface area contributed by atoms with E-state index in [1.807, 2.05) is 0 Å². The highest BCUT2D eigenvalue weighted by Gasteiger charge is 2.44. The Hall–Kier alpha value is -0.860. The zero-order valence-electron chi connectivity index (χ0n) is 11.7. The van der Waals surface area contributed by atoms with E-state index in [0.717, 1.165) is 26.1 Å². The zero-order chi connectivity index (χ0) is 13.1. The Morgan fingerprint density at radius 3 is 2.47 bits per heavy atom. The molecule has 2 nitrogen and oxygen atoms in total. The quantitative estimate of drug-likeness (QED) is 0.882. The van der Waals surface area contributed by atoms with E-state index in [1.54, 1.807) is 0 Å². The van der Waals surface area contributed by atoms with Gasteiger partial charge < -0.3 is 10.5 Å². The van der Waals surface area contributed by atoms with Gasteiger partial charge in [-0.2, -0.15) is 0 Å². The van der Waals surface area contributed by atoms with E-state index in [9.17, 15) is 0 Å². The zero-order valence-corrected chi connectivity index (χ0v) is 11.7. The summed E-state index contributed by atoms with van der Waals surface area (Å²) in [5, 5.41) is 0. The van der Waals surface area contributed by atoms with Crippen molar-refractivity contribution in [2.45, 2.75) is 50.0 Å². The van der Waals surface area contributed by atoms with Gasteiger partial charge in [-0.15, -0.1) is 0 Å². The monoisotopic (exact) mass is 259 g/mol. The topological polar surface area (TPSA) is 35.2 Å². The van der Waals surface area contributed by atoms with Crippen LogP contribution in [0.3, 0.4) is 0 Å². The highest BCUT2D eigenvalue weighted by Crippen LogP contribution is 2.46. The van der Waals surface area contributed by atoms with Gasteiger partial charge in [0.15, 0.2) is 0 Å². The third kappa shape index (κ3) is 2.56. The summed E-state index contributed by atoms with van der Waals surface area (Å²) in [4.78, 5) is 0. The van der Waals surface area contributed by atoms with Crippen LogP contribution in [0.2, 0.25) is 0 Å². The summed E-state index contributed by atoms with van der Waals surface area (Å²) in [5.41, 5.74) is 8.38. The summed E-state index contributed by atoms with van der Waals surface area (Å²) < 4.78 is 5.52. The fraction of sp³-hybridized carbons (Fsp3) is 0.647. The maximum atomic E-state index is 6.95. The van der Waals surface area contributed by atoms with Crippen LogP contribution in [0.5, 0.6) is 0 Å². The van der Waals surface area contributed by atoms with Crippen LogP contribution in [-0.2, 0) is 4.74 Å². The lowest BCUT2D eigenvalue weighted by molar-refractivity contribution is 0.0213. The van der Waals surface area contributed by atoms with Crippen LogP contribution in [0, 0.1) is 5.92 Å². The maximum Gasteiger partial charge on any atom is 0.0469 e. The number of rotatable bonds is 2. The van der Waals surface area contributed by atoms with E-state index >= 15 is 0 Å². The molecular weight excluding hydrogens is 234 g/mol. The van der Waals surface area contributed by atoms with Crippen LogP contribution in [0.4, 0.5) is 0 Å². The molecule has 2 aliphatic rings. The van der Waals surface area contributed by atoms with Gasteiger partial charge in [0.2, 0.25) is 0 Å². The van der Waals surface area contributed by atoms with E-state index in [4.69, 9.17) is 10.5 Å². The minimum Gasteiger partial charge on any atom is -0.381 e. The summed E-state index contributed by atoms with van der Waals surface area (Å²) in [6.45, 7) is 1.79. The number of nitrogens with two attached hydrogens (primary N) is 1. The van der Waals surface area contributed by atoms with Crippen molar-refractivity contribution >= 4 is 0 Å². The van der Waals surface area contributed by atoms with Crippen molar-refractivity contribution in [3.8, 4) is 0 Å². The lowest BCUT2D eigenvalue weighted by atomic mass is 9.62. The van der Waals surface area contributed by atoms with Gasteiger partial charge in [0.05, 0.1) is 0 Å². The van der Waals surface area contributed by atoms with Crippen molar-refractivity contribution in [3.63, 3.8) is 0 Å². The molecule has 0 aromatic heterocycles. The van der Waals surface area contributed by atoms with Crippen LogP contribution in [0.1, 0.15) is 50.0 Å². The molecule has 2 unspecified atom stereocenters. The van der Waals surface area contributed by atoms with Crippen molar-refractivity contribution in [3.05, 3.63) is 35.9 Å². The molecule has 0 amide bonds. The second kappa shape index (κ2) is 5.64. The number of hydrogen-bond donors (Lipinski definition) is 1. The van der Waals surface area contributed by atoms with Crippen LogP contribution >= 0.6 is 0 Å². The third-order valence-electron chi connectivity index (χ3n) is 5.18. The number of benzene rings is 1. The highest BCUT2D eigenvalue weighted by atomic mass is 16.5. The molecule has 104 valence electrons. The molecule has 1 aliphatic carbocycles. The van der Waals surface area contributed by atoms with Gasteiger partial charge in [0.1, 0.15) is 0 Å². The van der Waals surface area contributed by atoms with E-state index < -0.39 is 0 Å². The Kier molecular flexibility index (Phi) is 3.90. The first-order valence-electron chi connectivity index (χ1n) is 7.72. The average molecular weight is 259 g/mol. The maximum absolute atomic E-state index is 6.95. The third-order valence-corrected chi connectivity index (χ3v) is 5.18. The molecule has 0 bridgehead atoms. The normalized spacial score (nSPS) is 33.2. The predicted molar refractivity (Wildman–Crippen MR) is 78.1 cm³/mol. The van der Waals surface area contributed by atoms with Crippen LogP contribution < -0.4 is 5.73 Å². The molecule has 2 N–H and O–H groups in total. The van der Waals surface area contributed by atoms with Gasteiger partial charge in [-0.3, -0.25) is 0 Å². The second-order valence-corrected chi connectivity index (χ2v) is 6.21. The van der Waals surface area contributed by atoms with Crippen LogP contribution in [0.15, 0.2) is 30.3 Å². The van der Waals surface area contributed by atoms with Gasteiger partial charge in [-0.25, -0.2) is 0 Å². The molecule has 2 atom stereocenters. The summed E-state index contributed by atoms with van der Waals surface area (Å²) in [6.07, 6.45) is 7.31. The van der Waals surface area contributed by atoms with Crippen LogP contribution in [-0.4, -0.2) is 18.8 Å². The molecule has 0 spiro atoms. The molecule has 1 aromatic rings.